The lowest BCUT2D eigenvalue weighted by molar-refractivity contribution is -0.0778. The molecule has 122 valence electrons. The second kappa shape index (κ2) is 6.55. The molecule has 0 saturated heterocycles. The molecule has 4 aliphatic carbocycles. The van der Waals surface area contributed by atoms with Gasteiger partial charge in [-0.3, -0.25) is 4.90 Å². The Labute approximate surface area is 130 Å². The summed E-state index contributed by atoms with van der Waals surface area (Å²) in [6.07, 6.45) is 9.09. The number of nitrogens with one attached hydrogen (secondary N) is 1. The predicted octanol–water partition coefficient (Wildman–Crippen LogP) is 2.76. The quantitative estimate of drug-likeness (QED) is 0.745. The minimum absolute atomic E-state index is 0.601. The molecule has 0 radical (unpaired) electrons. The van der Waals surface area contributed by atoms with Crippen LogP contribution in [-0.2, 0) is 4.74 Å². The molecular weight excluding hydrogens is 260 g/mol. The van der Waals surface area contributed by atoms with Crippen molar-refractivity contribution in [2.24, 2.45) is 23.2 Å². The SMILES string of the molecule is CCN(CCOC)CC(NC)C12CC3CC(CC(C3)C1)C2. The van der Waals surface area contributed by atoms with Gasteiger partial charge in [-0.2, -0.15) is 0 Å². The number of likely N-dealkylation sites (N-methyl/N-ethyl adjacent to an activating group) is 2. The van der Waals surface area contributed by atoms with Crippen LogP contribution in [0, 0.1) is 23.2 Å². The highest BCUT2D eigenvalue weighted by Crippen LogP contribution is 2.61. The summed E-state index contributed by atoms with van der Waals surface area (Å²) in [6, 6.07) is 0.669. The standard InChI is InChI=1S/C18H34N2O/c1-4-20(5-6-21-3)13-17(19-2)18-10-14-7-15(11-18)9-16(8-14)12-18/h14-17,19H,4-13H2,1-3H3. The normalized spacial score (nSPS) is 39.1. The zero-order chi connectivity index (χ0) is 14.9. The minimum Gasteiger partial charge on any atom is -0.383 e. The van der Waals surface area contributed by atoms with Crippen molar-refractivity contribution in [2.75, 3.05) is 40.4 Å². The maximum Gasteiger partial charge on any atom is 0.0589 e. The van der Waals surface area contributed by atoms with E-state index in [1.807, 2.05) is 7.11 Å². The van der Waals surface area contributed by atoms with Crippen LogP contribution in [0.4, 0.5) is 0 Å². The van der Waals surface area contributed by atoms with E-state index in [2.05, 4.69) is 24.2 Å². The lowest BCUT2D eigenvalue weighted by Crippen LogP contribution is -2.58. The van der Waals surface area contributed by atoms with Gasteiger partial charge in [0.1, 0.15) is 0 Å². The smallest absolute Gasteiger partial charge is 0.0589 e. The fraction of sp³-hybridized carbons (Fsp3) is 1.00. The van der Waals surface area contributed by atoms with E-state index in [1.165, 1.54) is 45.1 Å². The lowest BCUT2D eigenvalue weighted by atomic mass is 9.47. The molecule has 1 unspecified atom stereocenters. The van der Waals surface area contributed by atoms with Gasteiger partial charge in [0, 0.05) is 26.2 Å². The van der Waals surface area contributed by atoms with Gasteiger partial charge in [0.2, 0.25) is 0 Å². The van der Waals surface area contributed by atoms with E-state index in [0.29, 0.717) is 11.5 Å². The molecule has 4 rings (SSSR count). The van der Waals surface area contributed by atoms with Crippen LogP contribution >= 0.6 is 0 Å². The summed E-state index contributed by atoms with van der Waals surface area (Å²) in [5.74, 6) is 3.13. The first kappa shape index (κ1) is 15.8. The average Bonchev–Trinajstić information content (AvgIpc) is 2.46. The number of methoxy groups -OCH3 is 1. The van der Waals surface area contributed by atoms with Crippen LogP contribution in [0.15, 0.2) is 0 Å². The minimum atomic E-state index is 0.601. The number of nitrogens with zero attached hydrogens (tertiary/aromatic N) is 1. The maximum absolute atomic E-state index is 5.28. The van der Waals surface area contributed by atoms with Crippen LogP contribution in [0.2, 0.25) is 0 Å². The molecule has 0 aromatic rings. The van der Waals surface area contributed by atoms with Gasteiger partial charge in [-0.05, 0) is 75.3 Å². The monoisotopic (exact) mass is 294 g/mol. The summed E-state index contributed by atoms with van der Waals surface area (Å²) in [4.78, 5) is 2.57. The molecule has 0 amide bonds. The Kier molecular flexibility index (Phi) is 4.92. The van der Waals surface area contributed by atoms with E-state index in [-0.39, 0.29) is 0 Å². The van der Waals surface area contributed by atoms with Crippen LogP contribution in [0.3, 0.4) is 0 Å². The van der Waals surface area contributed by atoms with Gasteiger partial charge >= 0.3 is 0 Å². The van der Waals surface area contributed by atoms with E-state index >= 15 is 0 Å². The van der Waals surface area contributed by atoms with Crippen molar-refractivity contribution in [3.05, 3.63) is 0 Å². The molecule has 0 aromatic heterocycles. The molecule has 1 atom stereocenters. The van der Waals surface area contributed by atoms with Crippen LogP contribution < -0.4 is 5.32 Å². The highest BCUT2D eigenvalue weighted by Gasteiger charge is 2.53. The van der Waals surface area contributed by atoms with Gasteiger partial charge in [0.05, 0.1) is 6.61 Å². The van der Waals surface area contributed by atoms with E-state index in [4.69, 9.17) is 4.74 Å². The predicted molar refractivity (Wildman–Crippen MR) is 87.4 cm³/mol. The summed E-state index contributed by atoms with van der Waals surface area (Å²) in [5.41, 5.74) is 0.601. The van der Waals surface area contributed by atoms with Crippen molar-refractivity contribution in [3.63, 3.8) is 0 Å². The van der Waals surface area contributed by atoms with Crippen LogP contribution in [-0.4, -0.2) is 51.3 Å². The molecule has 4 bridgehead atoms. The van der Waals surface area contributed by atoms with Gasteiger partial charge in [0.15, 0.2) is 0 Å². The fourth-order valence-electron chi connectivity index (χ4n) is 6.05. The number of rotatable bonds is 8. The topological polar surface area (TPSA) is 24.5 Å². The molecule has 0 aromatic carbocycles. The second-order valence-corrected chi connectivity index (χ2v) is 8.01. The van der Waals surface area contributed by atoms with E-state index in [0.717, 1.165) is 37.5 Å². The third-order valence-corrected chi connectivity index (χ3v) is 6.67. The molecule has 4 fully saturated rings. The number of hydrogen-bond acceptors (Lipinski definition) is 3. The zero-order valence-corrected chi connectivity index (χ0v) is 14.2. The molecule has 0 heterocycles. The van der Waals surface area contributed by atoms with Gasteiger partial charge in [-0.15, -0.1) is 0 Å². The Bertz CT molecular complexity index is 309. The van der Waals surface area contributed by atoms with Crippen molar-refractivity contribution in [3.8, 4) is 0 Å². The molecule has 0 spiro atoms. The van der Waals surface area contributed by atoms with E-state index in [1.54, 1.807) is 0 Å². The summed E-state index contributed by atoms with van der Waals surface area (Å²) in [5, 5.41) is 3.72. The Hall–Kier alpha value is -0.120. The first-order valence-electron chi connectivity index (χ1n) is 9.07. The number of ether oxygens (including phenoxy) is 1. The molecule has 3 nitrogen and oxygen atoms in total. The summed E-state index contributed by atoms with van der Waals surface area (Å²) in [7, 11) is 4.00. The third-order valence-electron chi connectivity index (χ3n) is 6.67. The molecule has 3 heteroatoms. The molecule has 21 heavy (non-hydrogen) atoms. The van der Waals surface area contributed by atoms with Gasteiger partial charge in [-0.25, -0.2) is 0 Å². The Morgan fingerprint density at radius 1 is 1.14 bits per heavy atom. The Balaban J connectivity index is 1.67. The van der Waals surface area contributed by atoms with Gasteiger partial charge in [0.25, 0.3) is 0 Å². The molecule has 0 aliphatic heterocycles. The van der Waals surface area contributed by atoms with Gasteiger partial charge < -0.3 is 10.1 Å². The molecule has 4 saturated carbocycles. The van der Waals surface area contributed by atoms with Crippen molar-refractivity contribution in [1.29, 1.82) is 0 Å². The molecule has 4 aliphatic rings. The highest BCUT2D eigenvalue weighted by atomic mass is 16.5. The van der Waals surface area contributed by atoms with Crippen LogP contribution in [0.25, 0.3) is 0 Å². The summed E-state index contributed by atoms with van der Waals surface area (Å²) >= 11 is 0. The highest BCUT2D eigenvalue weighted by molar-refractivity contribution is 5.06. The van der Waals surface area contributed by atoms with E-state index < -0.39 is 0 Å². The maximum atomic E-state index is 5.28. The first-order valence-corrected chi connectivity index (χ1v) is 9.07. The zero-order valence-electron chi connectivity index (χ0n) is 14.2. The van der Waals surface area contributed by atoms with Crippen molar-refractivity contribution in [2.45, 2.75) is 51.5 Å². The fourth-order valence-corrected chi connectivity index (χ4v) is 6.05. The lowest BCUT2D eigenvalue weighted by Gasteiger charge is -2.60. The average molecular weight is 294 g/mol. The Morgan fingerprint density at radius 2 is 1.71 bits per heavy atom. The van der Waals surface area contributed by atoms with E-state index in [9.17, 15) is 0 Å². The first-order chi connectivity index (χ1) is 10.2. The Morgan fingerprint density at radius 3 is 2.14 bits per heavy atom. The molecule has 1 N–H and O–H groups in total. The third kappa shape index (κ3) is 3.16. The van der Waals surface area contributed by atoms with Crippen LogP contribution in [0.5, 0.6) is 0 Å². The van der Waals surface area contributed by atoms with Crippen molar-refractivity contribution < 1.29 is 4.74 Å². The van der Waals surface area contributed by atoms with Crippen molar-refractivity contribution >= 4 is 0 Å². The van der Waals surface area contributed by atoms with Gasteiger partial charge in [-0.1, -0.05) is 6.92 Å². The van der Waals surface area contributed by atoms with Crippen molar-refractivity contribution in [1.82, 2.24) is 10.2 Å². The summed E-state index contributed by atoms with van der Waals surface area (Å²) < 4.78 is 5.28. The summed E-state index contributed by atoms with van der Waals surface area (Å²) in [6.45, 7) is 6.53. The van der Waals surface area contributed by atoms with Crippen LogP contribution in [0.1, 0.15) is 45.4 Å². The number of hydrogen-bond donors (Lipinski definition) is 1. The second-order valence-electron chi connectivity index (χ2n) is 8.01. The largest absolute Gasteiger partial charge is 0.383 e. The molecular formula is C18H34N2O.